The van der Waals surface area contributed by atoms with E-state index in [0.717, 1.165) is 22.9 Å². The lowest BCUT2D eigenvalue weighted by Crippen LogP contribution is -2.18. The van der Waals surface area contributed by atoms with Gasteiger partial charge in [0, 0.05) is 49.7 Å². The van der Waals surface area contributed by atoms with E-state index < -0.39 is 0 Å². The summed E-state index contributed by atoms with van der Waals surface area (Å²) in [5.74, 6) is 2.36. The van der Waals surface area contributed by atoms with Crippen molar-refractivity contribution in [3.05, 3.63) is 210 Å². The fourth-order valence-electron chi connectivity index (χ4n) is 9.24. The number of benzene rings is 7. The van der Waals surface area contributed by atoms with E-state index >= 15 is 0 Å². The van der Waals surface area contributed by atoms with Crippen LogP contribution in [0.1, 0.15) is 34.1 Å². The van der Waals surface area contributed by atoms with Crippen molar-refractivity contribution in [1.29, 1.82) is 0 Å². The van der Waals surface area contributed by atoms with Crippen molar-refractivity contribution in [2.24, 2.45) is 0 Å². The maximum absolute atomic E-state index is 6.54. The number of allylic oxidation sites excluding steroid dienone is 4. The minimum Gasteiger partial charge on any atom is -0.485 e. The van der Waals surface area contributed by atoms with Crippen molar-refractivity contribution in [2.45, 2.75) is 24.0 Å². The fourth-order valence-corrected chi connectivity index (χ4v) is 10.4. The molecule has 4 heteroatoms. The van der Waals surface area contributed by atoms with Crippen LogP contribution in [0.3, 0.4) is 0 Å². The van der Waals surface area contributed by atoms with E-state index in [-0.39, 0.29) is 24.0 Å². The SMILES string of the molecule is C1=CC2c3ccccc3OC2C=C1c1ccc(N(c2ccccc2C2=CC3c4cc5ccccc5cc4OC3C=C2)c2cccc3c2sc2ccccc23)cc1. The maximum atomic E-state index is 6.54. The zero-order valence-electron chi connectivity index (χ0n) is 30.4. The van der Waals surface area contributed by atoms with Crippen LogP contribution in [0.15, 0.2) is 188 Å². The number of para-hydroxylation sites is 2. The van der Waals surface area contributed by atoms with Gasteiger partial charge < -0.3 is 14.4 Å². The molecule has 12 rings (SSSR count). The summed E-state index contributed by atoms with van der Waals surface area (Å²) in [5, 5.41) is 5.02. The Kier molecular flexibility index (Phi) is 7.05. The molecule has 8 aromatic rings. The Labute approximate surface area is 329 Å². The first-order chi connectivity index (χ1) is 27.7. The first-order valence-corrected chi connectivity index (χ1v) is 20.2. The topological polar surface area (TPSA) is 21.7 Å². The molecular weight excluding hydrogens is 703 g/mol. The molecule has 1 aromatic heterocycles. The average molecular weight is 738 g/mol. The Morgan fingerprint density at radius 3 is 2.16 bits per heavy atom. The third kappa shape index (κ3) is 4.96. The summed E-state index contributed by atoms with van der Waals surface area (Å²) < 4.78 is 15.5. The molecule has 0 radical (unpaired) electrons. The Balaban J connectivity index is 0.978. The molecule has 4 aliphatic rings. The summed E-state index contributed by atoms with van der Waals surface area (Å²) in [5.41, 5.74) is 10.7. The van der Waals surface area contributed by atoms with Gasteiger partial charge in [0.25, 0.3) is 0 Å². The van der Waals surface area contributed by atoms with Crippen molar-refractivity contribution in [2.75, 3.05) is 4.90 Å². The van der Waals surface area contributed by atoms with Crippen LogP contribution >= 0.6 is 11.3 Å². The second-order valence-electron chi connectivity index (χ2n) is 15.1. The lowest BCUT2D eigenvalue weighted by molar-refractivity contribution is 0.269. The first kappa shape index (κ1) is 31.7. The second kappa shape index (κ2) is 12.5. The van der Waals surface area contributed by atoms with Gasteiger partial charge in [0.05, 0.1) is 16.1 Å². The van der Waals surface area contributed by atoms with Gasteiger partial charge in [-0.05, 0) is 88.2 Å². The van der Waals surface area contributed by atoms with E-state index in [9.17, 15) is 0 Å². The van der Waals surface area contributed by atoms with Crippen molar-refractivity contribution in [1.82, 2.24) is 0 Å². The molecule has 3 nitrogen and oxygen atoms in total. The van der Waals surface area contributed by atoms with Gasteiger partial charge in [0.2, 0.25) is 0 Å². The number of anilines is 3. The van der Waals surface area contributed by atoms with E-state index in [1.54, 1.807) is 0 Å². The molecule has 3 heterocycles. The van der Waals surface area contributed by atoms with Crippen LogP contribution in [-0.4, -0.2) is 12.2 Å². The molecule has 0 bridgehead atoms. The van der Waals surface area contributed by atoms with E-state index in [0.29, 0.717) is 0 Å². The zero-order valence-corrected chi connectivity index (χ0v) is 31.2. The van der Waals surface area contributed by atoms with E-state index in [2.05, 4.69) is 187 Å². The molecule has 7 aromatic carbocycles. The van der Waals surface area contributed by atoms with Crippen molar-refractivity contribution in [3.8, 4) is 11.5 Å². The molecule has 2 aliphatic carbocycles. The highest BCUT2D eigenvalue weighted by Gasteiger charge is 2.35. The molecule has 0 saturated heterocycles. The molecule has 56 heavy (non-hydrogen) atoms. The standard InChI is InChI=1S/C52H35NO2S/c1-2-11-34-30-50-44(28-33(34)10-1)43-29-36(23-27-48(43)55-50)38-12-3-6-16-45(38)53(46-17-9-15-42-41-14-5-8-19-51(41)56-52(42)46)37-24-20-32(21-25-37)35-22-26-40-39-13-4-7-18-47(39)54-49(40)31-35/h1-31,40,43,48-49H. The molecule has 0 spiro atoms. The van der Waals surface area contributed by atoms with Crippen molar-refractivity contribution in [3.63, 3.8) is 0 Å². The predicted molar refractivity (Wildman–Crippen MR) is 233 cm³/mol. The Morgan fingerprint density at radius 1 is 0.500 bits per heavy atom. The van der Waals surface area contributed by atoms with Crippen LogP contribution in [0.5, 0.6) is 11.5 Å². The quantitative estimate of drug-likeness (QED) is 0.176. The van der Waals surface area contributed by atoms with Gasteiger partial charge >= 0.3 is 0 Å². The lowest BCUT2D eigenvalue weighted by Gasteiger charge is -2.29. The molecule has 266 valence electrons. The van der Waals surface area contributed by atoms with Gasteiger partial charge in [-0.25, -0.2) is 0 Å². The number of hydrogen-bond acceptors (Lipinski definition) is 4. The largest absolute Gasteiger partial charge is 0.485 e. The monoisotopic (exact) mass is 737 g/mol. The van der Waals surface area contributed by atoms with Crippen molar-refractivity contribution >= 4 is 70.5 Å². The molecule has 0 N–H and O–H groups in total. The van der Waals surface area contributed by atoms with Gasteiger partial charge in [-0.3, -0.25) is 0 Å². The van der Waals surface area contributed by atoms with Gasteiger partial charge in [0.1, 0.15) is 23.7 Å². The van der Waals surface area contributed by atoms with E-state index in [1.165, 1.54) is 70.0 Å². The van der Waals surface area contributed by atoms with Crippen molar-refractivity contribution < 1.29 is 9.47 Å². The van der Waals surface area contributed by atoms with Gasteiger partial charge in [-0.1, -0.05) is 127 Å². The van der Waals surface area contributed by atoms with Crippen LogP contribution in [0.25, 0.3) is 42.1 Å². The molecule has 0 amide bonds. The van der Waals surface area contributed by atoms with Crippen LogP contribution in [0.2, 0.25) is 0 Å². The fraction of sp³-hybridized carbons (Fsp3) is 0.0769. The normalized spacial score (nSPS) is 20.1. The number of rotatable bonds is 5. The van der Waals surface area contributed by atoms with E-state index in [4.69, 9.17) is 9.47 Å². The third-order valence-electron chi connectivity index (χ3n) is 11.9. The summed E-state index contributed by atoms with van der Waals surface area (Å²) in [7, 11) is 0. The summed E-state index contributed by atoms with van der Waals surface area (Å²) in [6.07, 6.45) is 13.8. The highest BCUT2D eigenvalue weighted by atomic mass is 32.1. The maximum Gasteiger partial charge on any atom is 0.128 e. The molecular formula is C52H35NO2S. The van der Waals surface area contributed by atoms with Gasteiger partial charge in [-0.15, -0.1) is 11.3 Å². The first-order valence-electron chi connectivity index (χ1n) is 19.4. The number of fused-ring (bicyclic) bond motifs is 10. The Bertz CT molecular complexity index is 3020. The average Bonchev–Trinajstić information content (AvgIpc) is 3.94. The summed E-state index contributed by atoms with van der Waals surface area (Å²) in [4.78, 5) is 2.46. The summed E-state index contributed by atoms with van der Waals surface area (Å²) in [6, 6.07) is 54.9. The van der Waals surface area contributed by atoms with Gasteiger partial charge in [0.15, 0.2) is 0 Å². The number of thiophene rings is 1. The smallest absolute Gasteiger partial charge is 0.128 e. The number of nitrogens with zero attached hydrogens (tertiary/aromatic N) is 1. The predicted octanol–water partition coefficient (Wildman–Crippen LogP) is 13.7. The van der Waals surface area contributed by atoms with Crippen LogP contribution in [-0.2, 0) is 0 Å². The second-order valence-corrected chi connectivity index (χ2v) is 16.2. The minimum atomic E-state index is -0.0177. The van der Waals surface area contributed by atoms with Crippen LogP contribution in [0, 0.1) is 0 Å². The highest BCUT2D eigenvalue weighted by molar-refractivity contribution is 7.26. The molecule has 4 unspecified atom stereocenters. The Morgan fingerprint density at radius 2 is 1.23 bits per heavy atom. The molecule has 0 saturated carbocycles. The lowest BCUT2D eigenvalue weighted by atomic mass is 9.85. The molecule has 0 fully saturated rings. The number of ether oxygens (including phenoxy) is 2. The molecule has 2 aliphatic heterocycles. The van der Waals surface area contributed by atoms with E-state index in [1.807, 2.05) is 17.4 Å². The molecule has 4 atom stereocenters. The van der Waals surface area contributed by atoms with Crippen LogP contribution < -0.4 is 14.4 Å². The third-order valence-corrected chi connectivity index (χ3v) is 13.1. The minimum absolute atomic E-state index is 0.00777. The highest BCUT2D eigenvalue weighted by Crippen LogP contribution is 2.50. The summed E-state index contributed by atoms with van der Waals surface area (Å²) in [6.45, 7) is 0. The van der Waals surface area contributed by atoms with Gasteiger partial charge in [-0.2, -0.15) is 0 Å². The summed E-state index contributed by atoms with van der Waals surface area (Å²) >= 11 is 1.86. The number of hydrogen-bond donors (Lipinski definition) is 0. The van der Waals surface area contributed by atoms with Crippen LogP contribution in [0.4, 0.5) is 17.1 Å². The zero-order chi connectivity index (χ0) is 36.7. The Hall–Kier alpha value is -6.62.